The Hall–Kier alpha value is -3.98. The number of hydrogen-bond donors (Lipinski definition) is 2. The summed E-state index contributed by atoms with van der Waals surface area (Å²) in [5.41, 5.74) is 3.03. The molecule has 32 heavy (non-hydrogen) atoms. The molecule has 2 N–H and O–H groups in total. The lowest BCUT2D eigenvalue weighted by Crippen LogP contribution is -2.22. The number of carbonyl (C=O) groups excluding carboxylic acids is 1. The van der Waals surface area contributed by atoms with E-state index in [1.165, 1.54) is 24.3 Å². The monoisotopic (exact) mass is 447 g/mol. The van der Waals surface area contributed by atoms with E-state index in [9.17, 15) is 18.3 Å². The Balaban J connectivity index is 1.77. The summed E-state index contributed by atoms with van der Waals surface area (Å²) in [7, 11) is -3.95. The van der Waals surface area contributed by atoms with Gasteiger partial charge in [-0.05, 0) is 60.9 Å². The molecule has 0 spiro atoms. The average molecular weight is 447 g/mol. The van der Waals surface area contributed by atoms with E-state index in [4.69, 9.17) is 0 Å². The van der Waals surface area contributed by atoms with Crippen LogP contribution in [0.3, 0.4) is 0 Å². The molecule has 0 aliphatic heterocycles. The van der Waals surface area contributed by atoms with Crippen LogP contribution < -0.4 is 15.1 Å². The summed E-state index contributed by atoms with van der Waals surface area (Å²) in [6, 6.07) is 18.1. The van der Waals surface area contributed by atoms with Crippen LogP contribution in [0.5, 0.6) is 0 Å². The number of aromatic carboxylic acids is 1. The molecule has 0 fully saturated rings. The fraction of sp³-hybridized carbons (Fsp3) is 0.0870. The van der Waals surface area contributed by atoms with Gasteiger partial charge in [-0.3, -0.25) is 4.72 Å². The van der Waals surface area contributed by atoms with Gasteiger partial charge in [0.15, 0.2) is 11.6 Å². The van der Waals surface area contributed by atoms with Gasteiger partial charge in [0.2, 0.25) is 0 Å². The lowest BCUT2D eigenvalue weighted by molar-refractivity contribution is -0.255. The first kappa shape index (κ1) is 21.3. The third kappa shape index (κ3) is 4.37. The highest BCUT2D eigenvalue weighted by Gasteiger charge is 2.21. The van der Waals surface area contributed by atoms with Gasteiger partial charge in [-0.15, -0.1) is 0 Å². The zero-order valence-electron chi connectivity index (χ0n) is 17.3. The van der Waals surface area contributed by atoms with E-state index in [1.54, 1.807) is 43.3 Å². The molecule has 0 aliphatic carbocycles. The van der Waals surface area contributed by atoms with E-state index in [-0.39, 0.29) is 22.1 Å². The number of carboxylic acid groups (broad SMARTS) is 1. The van der Waals surface area contributed by atoms with E-state index in [1.807, 2.05) is 13.0 Å². The Bertz CT molecular complexity index is 1430. The van der Waals surface area contributed by atoms with Gasteiger partial charge >= 0.3 is 0 Å². The van der Waals surface area contributed by atoms with Crippen LogP contribution in [0.25, 0.3) is 11.0 Å². The van der Waals surface area contributed by atoms with Gasteiger partial charge in [-0.2, -0.15) is 0 Å². The molecule has 1 heterocycles. The number of aromatic nitrogens is 2. The van der Waals surface area contributed by atoms with Crippen LogP contribution in [0, 0.1) is 13.8 Å². The summed E-state index contributed by atoms with van der Waals surface area (Å²) in [4.78, 5) is 20.1. The average Bonchev–Trinajstić information content (AvgIpc) is 2.76. The van der Waals surface area contributed by atoms with Gasteiger partial charge in [0.25, 0.3) is 10.0 Å². The van der Waals surface area contributed by atoms with Gasteiger partial charge < -0.3 is 15.2 Å². The molecule has 0 aliphatic rings. The third-order valence-corrected chi connectivity index (χ3v) is 6.30. The zero-order chi connectivity index (χ0) is 22.9. The molecule has 0 atom stereocenters. The number of rotatable bonds is 6. The van der Waals surface area contributed by atoms with Crippen molar-refractivity contribution in [2.24, 2.45) is 0 Å². The Morgan fingerprint density at radius 2 is 1.50 bits per heavy atom. The van der Waals surface area contributed by atoms with Gasteiger partial charge in [0.05, 0.1) is 21.9 Å². The quantitative estimate of drug-likeness (QED) is 0.465. The first-order chi connectivity index (χ1) is 15.2. The molecular formula is C23H19N4O4S-. The molecule has 1 aromatic heterocycles. The molecule has 8 nitrogen and oxygen atoms in total. The molecule has 0 bridgehead atoms. The minimum atomic E-state index is -3.95. The van der Waals surface area contributed by atoms with E-state index in [2.05, 4.69) is 20.0 Å². The molecule has 0 radical (unpaired) electrons. The van der Waals surface area contributed by atoms with Crippen molar-refractivity contribution in [2.75, 3.05) is 10.0 Å². The van der Waals surface area contributed by atoms with Crippen molar-refractivity contribution in [1.82, 2.24) is 9.97 Å². The smallest absolute Gasteiger partial charge is 0.263 e. The molecule has 3 aromatic carbocycles. The summed E-state index contributed by atoms with van der Waals surface area (Å²) in [6.45, 7) is 3.54. The summed E-state index contributed by atoms with van der Waals surface area (Å²) >= 11 is 0. The summed E-state index contributed by atoms with van der Waals surface area (Å²) in [6.07, 6.45) is 0. The van der Waals surface area contributed by atoms with E-state index < -0.39 is 16.0 Å². The van der Waals surface area contributed by atoms with Gasteiger partial charge in [-0.1, -0.05) is 36.4 Å². The highest BCUT2D eigenvalue weighted by atomic mass is 32.2. The fourth-order valence-corrected chi connectivity index (χ4v) is 4.50. The van der Waals surface area contributed by atoms with Crippen molar-refractivity contribution >= 4 is 44.3 Å². The van der Waals surface area contributed by atoms with Crippen molar-refractivity contribution in [2.45, 2.75) is 18.7 Å². The van der Waals surface area contributed by atoms with Crippen LogP contribution in [-0.4, -0.2) is 24.4 Å². The topological polar surface area (TPSA) is 124 Å². The number of carbonyl (C=O) groups is 1. The van der Waals surface area contributed by atoms with Crippen LogP contribution in [0.1, 0.15) is 21.5 Å². The maximum Gasteiger partial charge on any atom is 0.263 e. The number of anilines is 3. The van der Waals surface area contributed by atoms with E-state index >= 15 is 0 Å². The number of para-hydroxylation sites is 2. The predicted molar refractivity (Wildman–Crippen MR) is 120 cm³/mol. The molecular weight excluding hydrogens is 428 g/mol. The minimum Gasteiger partial charge on any atom is -0.545 e. The second-order valence-electron chi connectivity index (χ2n) is 7.27. The fourth-order valence-electron chi connectivity index (χ4n) is 3.16. The number of benzene rings is 3. The third-order valence-electron chi connectivity index (χ3n) is 4.82. The second kappa shape index (κ2) is 8.27. The SMILES string of the molecule is Cc1ccc(C)c(S(=O)(=O)Nc2nc3ccccc3nc2Nc2ccc(C(=O)[O-])cc2)c1. The first-order valence-electron chi connectivity index (χ1n) is 9.68. The Labute approximate surface area is 185 Å². The number of nitrogens with zero attached hydrogens (tertiary/aromatic N) is 2. The number of hydrogen-bond acceptors (Lipinski definition) is 7. The second-order valence-corrected chi connectivity index (χ2v) is 8.92. The Morgan fingerprint density at radius 3 is 2.12 bits per heavy atom. The minimum absolute atomic E-state index is 0.0218. The lowest BCUT2D eigenvalue weighted by Gasteiger charge is -2.15. The van der Waals surface area contributed by atoms with Gasteiger partial charge in [0.1, 0.15) is 0 Å². The van der Waals surface area contributed by atoms with Crippen LogP contribution in [0.15, 0.2) is 71.6 Å². The Morgan fingerprint density at radius 1 is 0.875 bits per heavy atom. The normalized spacial score (nSPS) is 11.3. The number of nitrogens with one attached hydrogen (secondary N) is 2. The van der Waals surface area contributed by atoms with Crippen LogP contribution in [-0.2, 0) is 10.0 Å². The highest BCUT2D eigenvalue weighted by molar-refractivity contribution is 7.92. The van der Waals surface area contributed by atoms with Crippen LogP contribution in [0.2, 0.25) is 0 Å². The largest absolute Gasteiger partial charge is 0.545 e. The van der Waals surface area contributed by atoms with Gasteiger partial charge in [-0.25, -0.2) is 18.4 Å². The van der Waals surface area contributed by atoms with Crippen molar-refractivity contribution < 1.29 is 18.3 Å². The maximum absolute atomic E-state index is 13.2. The van der Waals surface area contributed by atoms with Crippen molar-refractivity contribution in [3.8, 4) is 0 Å². The van der Waals surface area contributed by atoms with E-state index in [0.29, 0.717) is 22.3 Å². The summed E-state index contributed by atoms with van der Waals surface area (Å²) < 4.78 is 28.9. The molecule has 0 unspecified atom stereocenters. The van der Waals surface area contributed by atoms with Crippen molar-refractivity contribution in [3.05, 3.63) is 83.4 Å². The maximum atomic E-state index is 13.2. The molecule has 4 rings (SSSR count). The molecule has 0 amide bonds. The predicted octanol–water partition coefficient (Wildman–Crippen LogP) is 3.15. The van der Waals surface area contributed by atoms with Crippen LogP contribution >= 0.6 is 0 Å². The summed E-state index contributed by atoms with van der Waals surface area (Å²) in [5, 5.41) is 14.0. The van der Waals surface area contributed by atoms with Crippen molar-refractivity contribution in [1.29, 1.82) is 0 Å². The van der Waals surface area contributed by atoms with Gasteiger partial charge in [0, 0.05) is 5.69 Å². The number of sulfonamides is 1. The Kier molecular flexibility index (Phi) is 5.50. The van der Waals surface area contributed by atoms with Crippen molar-refractivity contribution in [3.63, 3.8) is 0 Å². The molecule has 0 saturated heterocycles. The number of aryl methyl sites for hydroxylation is 2. The number of fused-ring (bicyclic) bond motifs is 1. The highest BCUT2D eigenvalue weighted by Crippen LogP contribution is 2.28. The standard InChI is InChI=1S/C23H20N4O4S/c1-14-7-8-15(2)20(13-14)32(30,31)27-22-21(25-18-5-3-4-6-19(18)26-22)24-17-11-9-16(10-12-17)23(28)29/h3-13H,1-2H3,(H,24,25)(H,26,27)(H,28,29)/p-1. The van der Waals surface area contributed by atoms with E-state index in [0.717, 1.165) is 5.56 Å². The number of carboxylic acids is 1. The first-order valence-corrected chi connectivity index (χ1v) is 11.2. The molecule has 9 heteroatoms. The molecule has 0 saturated carbocycles. The van der Waals surface area contributed by atoms with Crippen LogP contribution in [0.4, 0.5) is 17.3 Å². The summed E-state index contributed by atoms with van der Waals surface area (Å²) in [5.74, 6) is -1.09. The lowest BCUT2D eigenvalue weighted by atomic mass is 10.2. The zero-order valence-corrected chi connectivity index (χ0v) is 18.1. The molecule has 4 aromatic rings. The molecule has 162 valence electrons.